The van der Waals surface area contributed by atoms with E-state index >= 15 is 0 Å². The Morgan fingerprint density at radius 1 is 0.515 bits per heavy atom. The first-order valence-electron chi connectivity index (χ1n) is 15.3. The van der Waals surface area contributed by atoms with Gasteiger partial charge in [0.1, 0.15) is 0 Å². The van der Waals surface area contributed by atoms with Gasteiger partial charge >= 0.3 is 5.97 Å². The molecule has 0 aromatic carbocycles. The smallest absolute Gasteiger partial charge is 0.308 e. The Morgan fingerprint density at radius 2 is 0.848 bits per heavy atom. The zero-order valence-electron chi connectivity index (χ0n) is 23.4. The van der Waals surface area contributed by atoms with Gasteiger partial charge in [-0.3, -0.25) is 4.79 Å². The van der Waals surface area contributed by atoms with Crippen LogP contribution in [0.3, 0.4) is 0 Å². The highest BCUT2D eigenvalue weighted by atomic mass is 16.5. The van der Waals surface area contributed by atoms with E-state index in [2.05, 4.69) is 27.7 Å². The molecule has 2 nitrogen and oxygen atoms in total. The van der Waals surface area contributed by atoms with Crippen molar-refractivity contribution in [2.75, 3.05) is 6.61 Å². The second-order valence-corrected chi connectivity index (χ2v) is 10.8. The molecule has 0 aliphatic carbocycles. The fourth-order valence-electron chi connectivity index (χ4n) is 4.78. The first-order chi connectivity index (χ1) is 16.2. The number of rotatable bonds is 26. The predicted molar refractivity (Wildman–Crippen MR) is 147 cm³/mol. The van der Waals surface area contributed by atoms with E-state index in [0.29, 0.717) is 12.5 Å². The first kappa shape index (κ1) is 32.5. The normalized spacial score (nSPS) is 12.4. The Labute approximate surface area is 209 Å². The molecule has 0 N–H and O–H groups in total. The topological polar surface area (TPSA) is 26.3 Å². The summed E-state index contributed by atoms with van der Waals surface area (Å²) in [6.07, 6.45) is 30.3. The molecule has 0 heterocycles. The van der Waals surface area contributed by atoms with Crippen LogP contribution in [0.5, 0.6) is 0 Å². The van der Waals surface area contributed by atoms with Crippen LogP contribution < -0.4 is 0 Å². The summed E-state index contributed by atoms with van der Waals surface area (Å²) in [6.45, 7) is 9.52. The highest BCUT2D eigenvalue weighted by Crippen LogP contribution is 2.21. The van der Waals surface area contributed by atoms with Gasteiger partial charge in [-0.2, -0.15) is 0 Å². The molecule has 0 bridgehead atoms. The van der Waals surface area contributed by atoms with Gasteiger partial charge < -0.3 is 4.74 Å². The zero-order valence-corrected chi connectivity index (χ0v) is 23.4. The van der Waals surface area contributed by atoms with Crippen molar-refractivity contribution < 1.29 is 9.53 Å². The van der Waals surface area contributed by atoms with Gasteiger partial charge in [-0.15, -0.1) is 0 Å². The van der Waals surface area contributed by atoms with Crippen LogP contribution in [0.1, 0.15) is 175 Å². The second kappa shape index (κ2) is 26.1. The number of unbranched alkanes of at least 4 members (excludes halogenated alkanes) is 17. The molecule has 0 amide bonds. The van der Waals surface area contributed by atoms with Crippen molar-refractivity contribution >= 4 is 5.97 Å². The molecular weight excluding hydrogens is 404 g/mol. The summed E-state index contributed by atoms with van der Waals surface area (Å²) >= 11 is 0. The molecule has 0 aromatic rings. The largest absolute Gasteiger partial charge is 0.465 e. The van der Waals surface area contributed by atoms with Gasteiger partial charge in [0.15, 0.2) is 0 Å². The maximum Gasteiger partial charge on any atom is 0.308 e. The first-order valence-corrected chi connectivity index (χ1v) is 15.3. The predicted octanol–water partition coefficient (Wildman–Crippen LogP) is 10.8. The third-order valence-corrected chi connectivity index (χ3v) is 7.29. The van der Waals surface area contributed by atoms with Gasteiger partial charge in [-0.25, -0.2) is 0 Å². The molecule has 0 aliphatic rings. The Hall–Kier alpha value is -0.530. The molecular formula is C31H62O2. The molecule has 0 aliphatic heterocycles. The maximum atomic E-state index is 12.5. The van der Waals surface area contributed by atoms with Gasteiger partial charge in [0.05, 0.1) is 12.5 Å². The van der Waals surface area contributed by atoms with Gasteiger partial charge in [0.2, 0.25) is 0 Å². The van der Waals surface area contributed by atoms with E-state index < -0.39 is 0 Å². The van der Waals surface area contributed by atoms with E-state index in [1.807, 2.05) is 0 Å². The third-order valence-electron chi connectivity index (χ3n) is 7.29. The van der Waals surface area contributed by atoms with Gasteiger partial charge in [-0.05, 0) is 25.2 Å². The quantitative estimate of drug-likeness (QED) is 0.0935. The van der Waals surface area contributed by atoms with Crippen LogP contribution >= 0.6 is 0 Å². The maximum absolute atomic E-state index is 12.5. The fraction of sp³-hybridized carbons (Fsp3) is 0.968. The Morgan fingerprint density at radius 3 is 1.27 bits per heavy atom. The van der Waals surface area contributed by atoms with Crippen molar-refractivity contribution in [1.82, 2.24) is 0 Å². The van der Waals surface area contributed by atoms with Crippen LogP contribution in [-0.2, 0) is 9.53 Å². The van der Waals surface area contributed by atoms with E-state index in [0.717, 1.165) is 12.8 Å². The van der Waals surface area contributed by atoms with Crippen LogP contribution in [0.4, 0.5) is 0 Å². The minimum absolute atomic E-state index is 0.0448. The van der Waals surface area contributed by atoms with Crippen molar-refractivity contribution in [2.45, 2.75) is 175 Å². The molecule has 0 saturated carbocycles. The van der Waals surface area contributed by atoms with Gasteiger partial charge in [0, 0.05) is 0 Å². The summed E-state index contributed by atoms with van der Waals surface area (Å²) < 4.78 is 5.83. The summed E-state index contributed by atoms with van der Waals surface area (Å²) in [5.41, 5.74) is 0. The fourth-order valence-corrected chi connectivity index (χ4v) is 4.78. The lowest BCUT2D eigenvalue weighted by atomic mass is 9.94. The van der Waals surface area contributed by atoms with Crippen molar-refractivity contribution in [3.8, 4) is 0 Å². The molecule has 0 rings (SSSR count). The zero-order chi connectivity index (χ0) is 24.4. The molecule has 33 heavy (non-hydrogen) atoms. The van der Waals surface area contributed by atoms with Gasteiger partial charge in [0.25, 0.3) is 0 Å². The van der Waals surface area contributed by atoms with E-state index in [4.69, 9.17) is 4.74 Å². The lowest BCUT2D eigenvalue weighted by Gasteiger charge is -2.19. The number of hydrogen-bond donors (Lipinski definition) is 0. The molecule has 0 fully saturated rings. The molecule has 0 spiro atoms. The van der Waals surface area contributed by atoms with Gasteiger partial charge in [-0.1, -0.05) is 156 Å². The van der Waals surface area contributed by atoms with E-state index in [9.17, 15) is 4.79 Å². The van der Waals surface area contributed by atoms with Crippen LogP contribution in [0.25, 0.3) is 0 Å². The average Bonchev–Trinajstić information content (AvgIpc) is 2.82. The molecule has 0 aromatic heterocycles. The number of esters is 1. The van der Waals surface area contributed by atoms with Crippen LogP contribution in [0.2, 0.25) is 0 Å². The number of ether oxygens (including phenoxy) is 1. The van der Waals surface area contributed by atoms with E-state index in [-0.39, 0.29) is 11.9 Å². The monoisotopic (exact) mass is 466 g/mol. The lowest BCUT2D eigenvalue weighted by molar-refractivity contribution is -0.149. The summed E-state index contributed by atoms with van der Waals surface area (Å²) in [6, 6.07) is 0. The van der Waals surface area contributed by atoms with Crippen molar-refractivity contribution in [2.24, 2.45) is 11.8 Å². The SMILES string of the molecule is CCCCCCCCCCC(CCCCCCCCCC)COC(=O)C(C)CCCCCC. The molecule has 198 valence electrons. The van der Waals surface area contributed by atoms with Crippen molar-refractivity contribution in [1.29, 1.82) is 0 Å². The third kappa shape index (κ3) is 23.0. The number of carbonyl (C=O) groups excluding carboxylic acids is 1. The van der Waals surface area contributed by atoms with E-state index in [1.54, 1.807) is 0 Å². The molecule has 0 radical (unpaired) electrons. The number of hydrogen-bond acceptors (Lipinski definition) is 2. The van der Waals surface area contributed by atoms with Crippen LogP contribution in [0, 0.1) is 11.8 Å². The van der Waals surface area contributed by atoms with Crippen molar-refractivity contribution in [3.05, 3.63) is 0 Å². The molecule has 0 saturated heterocycles. The highest BCUT2D eigenvalue weighted by molar-refractivity contribution is 5.71. The Kier molecular flexibility index (Phi) is 25.7. The lowest BCUT2D eigenvalue weighted by Crippen LogP contribution is -2.20. The average molecular weight is 467 g/mol. The standard InChI is InChI=1S/C31H62O2/c1-5-8-11-14-16-18-20-23-26-30(27-24-21-19-17-15-12-9-6-2)28-33-31(32)29(4)25-22-13-10-7-3/h29-30H,5-28H2,1-4H3. The highest BCUT2D eigenvalue weighted by Gasteiger charge is 2.17. The molecule has 1 unspecified atom stereocenters. The summed E-state index contributed by atoms with van der Waals surface area (Å²) in [5.74, 6) is 0.679. The Balaban J connectivity index is 4.15. The summed E-state index contributed by atoms with van der Waals surface area (Å²) in [4.78, 5) is 12.5. The van der Waals surface area contributed by atoms with E-state index in [1.165, 1.54) is 135 Å². The van der Waals surface area contributed by atoms with Crippen molar-refractivity contribution in [3.63, 3.8) is 0 Å². The number of carbonyl (C=O) groups is 1. The minimum Gasteiger partial charge on any atom is -0.465 e. The second-order valence-electron chi connectivity index (χ2n) is 10.8. The Bertz CT molecular complexity index is 372. The van der Waals surface area contributed by atoms with Crippen LogP contribution in [0.15, 0.2) is 0 Å². The van der Waals surface area contributed by atoms with Crippen LogP contribution in [-0.4, -0.2) is 12.6 Å². The summed E-state index contributed by atoms with van der Waals surface area (Å²) in [7, 11) is 0. The molecule has 2 heteroatoms. The summed E-state index contributed by atoms with van der Waals surface area (Å²) in [5, 5.41) is 0. The molecule has 1 atom stereocenters. The minimum atomic E-state index is 0.0448.